The third kappa shape index (κ3) is 2.90. The van der Waals surface area contributed by atoms with Gasteiger partial charge in [-0.1, -0.05) is 59.3 Å². The van der Waals surface area contributed by atoms with Crippen LogP contribution in [0.3, 0.4) is 0 Å². The molecule has 1 heterocycles. The third-order valence-corrected chi connectivity index (χ3v) is 25.3. The summed E-state index contributed by atoms with van der Waals surface area (Å²) in [5.74, 6) is 0. The highest BCUT2D eigenvalue weighted by Gasteiger charge is 2.22. The number of hydrogen-bond acceptors (Lipinski definition) is 1. The molecule has 1 saturated heterocycles. The maximum Gasteiger partial charge on any atom is 0.141 e. The summed E-state index contributed by atoms with van der Waals surface area (Å²) >= 11 is 0. The Balaban J connectivity index is 1.69. The van der Waals surface area contributed by atoms with E-state index in [1.165, 1.54) is 49.3 Å². The average Bonchev–Trinajstić information content (AvgIpc) is 2.77. The molecular weight excluding hydrogens is 401 g/mol. The van der Waals surface area contributed by atoms with Gasteiger partial charge < -0.3 is 4.43 Å². The Bertz CT molecular complexity index is 1400. The molecule has 0 N–H and O–H groups in total. The standard InChI is InChI=1S/C25H24OSi3/c1-16-6-7-21-13-20-9-8-19-12-17-4-2-3-5-18(17)14-22(19)23(20)15-24(21)25(16)29-11-10-26-27-28-29/h2-9,12-15,29H,10-11,27-28H2,1H3. The summed E-state index contributed by atoms with van der Waals surface area (Å²) < 4.78 is 5.88. The van der Waals surface area contributed by atoms with Gasteiger partial charge in [-0.2, -0.15) is 0 Å². The van der Waals surface area contributed by atoms with Crippen molar-refractivity contribution in [3.05, 3.63) is 78.4 Å². The molecule has 0 radical (unpaired) electrons. The molecule has 1 atom stereocenters. The number of fused-ring (bicyclic) bond motifs is 5. The second-order valence-electron chi connectivity index (χ2n) is 8.46. The molecule has 0 amide bonds. The monoisotopic (exact) mass is 424 g/mol. The van der Waals surface area contributed by atoms with E-state index in [1.54, 1.807) is 10.6 Å². The molecular formula is C25H24OSi3. The highest BCUT2D eigenvalue weighted by Crippen LogP contribution is 2.32. The van der Waals surface area contributed by atoms with Crippen LogP contribution in [0.1, 0.15) is 5.56 Å². The zero-order valence-electron chi connectivity index (χ0n) is 16.7. The van der Waals surface area contributed by atoms with Gasteiger partial charge in [0, 0.05) is 15.2 Å². The van der Waals surface area contributed by atoms with Crippen LogP contribution in [0.5, 0.6) is 0 Å². The highest BCUT2D eigenvalue weighted by atomic mass is 29.5. The van der Waals surface area contributed by atoms with Crippen LogP contribution in [-0.2, 0) is 4.43 Å². The fraction of sp³-hybridized carbons (Fsp3) is 0.120. The van der Waals surface area contributed by atoms with Crippen LogP contribution in [0.2, 0.25) is 6.04 Å². The van der Waals surface area contributed by atoms with Gasteiger partial charge in [-0.25, -0.2) is 0 Å². The normalized spacial score (nSPS) is 19.1. The van der Waals surface area contributed by atoms with Crippen molar-refractivity contribution < 1.29 is 4.43 Å². The van der Waals surface area contributed by atoms with E-state index >= 15 is 0 Å². The van der Waals surface area contributed by atoms with Gasteiger partial charge in [0.25, 0.3) is 0 Å². The summed E-state index contributed by atoms with van der Waals surface area (Å²) in [5, 5.41) is 12.9. The van der Waals surface area contributed by atoms with Gasteiger partial charge in [0.05, 0.1) is 8.31 Å². The minimum absolute atomic E-state index is 0.0496. The van der Waals surface area contributed by atoms with Crippen molar-refractivity contribution in [1.82, 2.24) is 0 Å². The van der Waals surface area contributed by atoms with Crippen LogP contribution in [0.25, 0.3) is 43.1 Å². The van der Waals surface area contributed by atoms with E-state index in [0.29, 0.717) is 0 Å². The fourth-order valence-electron chi connectivity index (χ4n) is 5.23. The molecule has 1 nitrogen and oxygen atoms in total. The molecule has 1 aliphatic rings. The fourth-order valence-corrected chi connectivity index (χ4v) is 24.2. The van der Waals surface area contributed by atoms with Crippen molar-refractivity contribution in [3.63, 3.8) is 0 Å². The zero-order valence-corrected chi connectivity index (χ0v) is 20.7. The summed E-state index contributed by atoms with van der Waals surface area (Å²) in [6, 6.07) is 29.1. The van der Waals surface area contributed by atoms with E-state index in [-0.39, 0.29) is 17.8 Å². The Hall–Kier alpha value is -2.25. The van der Waals surface area contributed by atoms with Gasteiger partial charge in [-0.05, 0) is 80.3 Å². The Labute approximate surface area is 176 Å². The van der Waals surface area contributed by atoms with Crippen molar-refractivity contribution in [2.24, 2.45) is 0 Å². The number of rotatable bonds is 1. The average molecular weight is 425 g/mol. The second-order valence-corrected chi connectivity index (χ2v) is 23.5. The van der Waals surface area contributed by atoms with Gasteiger partial charge in [0.2, 0.25) is 0 Å². The van der Waals surface area contributed by atoms with Crippen molar-refractivity contribution in [1.29, 1.82) is 0 Å². The molecule has 0 spiro atoms. The summed E-state index contributed by atoms with van der Waals surface area (Å²) in [6.07, 6.45) is 0. The minimum atomic E-state index is -0.781. The summed E-state index contributed by atoms with van der Waals surface area (Å²) in [5.41, 5.74) is 1.53. The predicted molar refractivity (Wildman–Crippen MR) is 136 cm³/mol. The highest BCUT2D eigenvalue weighted by molar-refractivity contribution is 7.39. The molecule has 0 bridgehead atoms. The van der Waals surface area contributed by atoms with Crippen molar-refractivity contribution in [2.45, 2.75) is 13.0 Å². The zero-order chi connectivity index (χ0) is 19.4. The second kappa shape index (κ2) is 6.92. The maximum absolute atomic E-state index is 5.88. The lowest BCUT2D eigenvalue weighted by atomic mass is 9.95. The molecule has 1 aliphatic heterocycles. The molecule has 0 aliphatic carbocycles. The molecule has 1 unspecified atom stereocenters. The first-order valence-electron chi connectivity index (χ1n) is 10.6. The van der Waals surface area contributed by atoms with Gasteiger partial charge in [0.15, 0.2) is 0 Å². The van der Waals surface area contributed by atoms with E-state index in [1.807, 2.05) is 0 Å². The largest absolute Gasteiger partial charge is 0.428 e. The molecule has 5 aromatic carbocycles. The Kier molecular flexibility index (Phi) is 4.20. The summed E-state index contributed by atoms with van der Waals surface area (Å²) in [4.78, 5) is 0. The van der Waals surface area contributed by atoms with Gasteiger partial charge in [0.1, 0.15) is 9.28 Å². The first-order valence-corrected chi connectivity index (χ1v) is 19.9. The lowest BCUT2D eigenvalue weighted by Gasteiger charge is -2.24. The number of aryl methyl sites for hydroxylation is 1. The molecule has 142 valence electrons. The number of benzene rings is 5. The van der Waals surface area contributed by atoms with Crippen LogP contribution in [0.15, 0.2) is 72.8 Å². The number of hydrogen-bond donors (Lipinski definition) is 0. The maximum atomic E-state index is 5.88. The van der Waals surface area contributed by atoms with E-state index in [4.69, 9.17) is 4.43 Å². The summed E-state index contributed by atoms with van der Waals surface area (Å²) in [6.45, 7) is 3.38. The van der Waals surface area contributed by atoms with Gasteiger partial charge in [-0.15, -0.1) is 0 Å². The van der Waals surface area contributed by atoms with Crippen LogP contribution in [-0.4, -0.2) is 32.8 Å². The smallest absolute Gasteiger partial charge is 0.141 e. The molecule has 6 rings (SSSR count). The van der Waals surface area contributed by atoms with Crippen LogP contribution >= 0.6 is 0 Å². The Morgan fingerprint density at radius 1 is 0.724 bits per heavy atom. The van der Waals surface area contributed by atoms with E-state index in [9.17, 15) is 0 Å². The van der Waals surface area contributed by atoms with Crippen LogP contribution < -0.4 is 5.19 Å². The van der Waals surface area contributed by atoms with Crippen LogP contribution in [0.4, 0.5) is 0 Å². The predicted octanol–water partition coefficient (Wildman–Crippen LogP) is 3.74. The SMILES string of the molecule is Cc1ccc2cc3ccc4cc5ccccc5cc4c3cc2c1[SiH]1CCO[SiH2][SiH2]1. The first-order chi connectivity index (χ1) is 14.3. The molecule has 0 saturated carbocycles. The van der Waals surface area contributed by atoms with Crippen molar-refractivity contribution in [2.75, 3.05) is 6.61 Å². The molecule has 5 aromatic rings. The Morgan fingerprint density at radius 3 is 2.14 bits per heavy atom. The molecule has 29 heavy (non-hydrogen) atoms. The molecule has 0 aromatic heterocycles. The topological polar surface area (TPSA) is 9.23 Å². The van der Waals surface area contributed by atoms with Crippen molar-refractivity contribution >= 4 is 74.4 Å². The quantitative estimate of drug-likeness (QED) is 0.226. The van der Waals surface area contributed by atoms with E-state index in [0.717, 1.165) is 6.61 Å². The first kappa shape index (κ1) is 17.6. The lowest BCUT2D eigenvalue weighted by Crippen LogP contribution is -2.46. The van der Waals surface area contributed by atoms with Crippen molar-refractivity contribution in [3.8, 4) is 0 Å². The minimum Gasteiger partial charge on any atom is -0.428 e. The van der Waals surface area contributed by atoms with Gasteiger partial charge >= 0.3 is 0 Å². The van der Waals surface area contributed by atoms with Crippen LogP contribution in [0, 0.1) is 6.92 Å². The van der Waals surface area contributed by atoms with E-state index < -0.39 is 8.31 Å². The third-order valence-electron chi connectivity index (χ3n) is 6.73. The Morgan fingerprint density at radius 2 is 1.38 bits per heavy atom. The van der Waals surface area contributed by atoms with Gasteiger partial charge in [-0.3, -0.25) is 0 Å². The molecule has 1 fully saturated rings. The summed E-state index contributed by atoms with van der Waals surface area (Å²) in [7, 11) is -0.894. The van der Waals surface area contributed by atoms with E-state index in [2.05, 4.69) is 79.7 Å². The lowest BCUT2D eigenvalue weighted by molar-refractivity contribution is 0.367. The molecule has 4 heteroatoms.